The van der Waals surface area contributed by atoms with Gasteiger partial charge in [-0.25, -0.2) is 0 Å². The van der Waals surface area contributed by atoms with Crippen molar-refractivity contribution in [2.45, 2.75) is 0 Å². The first kappa shape index (κ1) is 11.1. The molecule has 2 aromatic carbocycles. The van der Waals surface area contributed by atoms with Crippen LogP contribution in [0.4, 0.5) is 11.4 Å². The minimum Gasteiger partial charge on any atom is -0.594 e. The summed E-state index contributed by atoms with van der Waals surface area (Å²) in [4.78, 5) is 0.592. The predicted molar refractivity (Wildman–Crippen MR) is 64.8 cm³/mol. The molecule has 4 heteroatoms. The molecule has 0 spiro atoms. The van der Waals surface area contributed by atoms with Crippen LogP contribution in [0, 0.1) is 5.21 Å². The molecule has 0 saturated heterocycles. The minimum atomic E-state index is 0.467. The molecular formula is C13H12N2O2. The molecular weight excluding hydrogens is 216 g/mol. The first-order valence-corrected chi connectivity index (χ1v) is 5.17. The molecule has 2 rings (SSSR count). The van der Waals surface area contributed by atoms with E-state index in [1.54, 1.807) is 43.5 Å². The second kappa shape index (κ2) is 5.12. The van der Waals surface area contributed by atoms with Gasteiger partial charge in [0, 0.05) is 17.2 Å². The zero-order valence-electron chi connectivity index (χ0n) is 9.41. The van der Waals surface area contributed by atoms with Crippen LogP contribution in [0.5, 0.6) is 5.75 Å². The van der Waals surface area contributed by atoms with Crippen LogP contribution in [0.1, 0.15) is 0 Å². The number of benzene rings is 2. The molecule has 0 N–H and O–H groups in total. The number of rotatable bonds is 3. The largest absolute Gasteiger partial charge is 0.594 e. The van der Waals surface area contributed by atoms with Gasteiger partial charge in [-0.3, -0.25) is 0 Å². The van der Waals surface area contributed by atoms with Crippen LogP contribution in [0.2, 0.25) is 0 Å². The van der Waals surface area contributed by atoms with Crippen molar-refractivity contribution < 1.29 is 9.60 Å². The Hall–Kier alpha value is -2.36. The SMILES string of the molecule is COc1ccc([N+]([O-])=Nc2ccccc2)cc1. The maximum absolute atomic E-state index is 11.7. The zero-order chi connectivity index (χ0) is 12.1. The summed E-state index contributed by atoms with van der Waals surface area (Å²) >= 11 is 0. The van der Waals surface area contributed by atoms with E-state index < -0.39 is 0 Å². The van der Waals surface area contributed by atoms with E-state index in [9.17, 15) is 5.21 Å². The number of hydrogen-bond donors (Lipinski definition) is 0. The Bertz CT molecular complexity index is 507. The van der Waals surface area contributed by atoms with Gasteiger partial charge in [0.25, 0.3) is 0 Å². The average molecular weight is 228 g/mol. The Morgan fingerprint density at radius 1 is 1.00 bits per heavy atom. The van der Waals surface area contributed by atoms with E-state index in [-0.39, 0.29) is 0 Å². The van der Waals surface area contributed by atoms with Gasteiger partial charge in [0.1, 0.15) is 11.4 Å². The summed E-state index contributed by atoms with van der Waals surface area (Å²) in [5, 5.41) is 15.6. The molecule has 0 aliphatic rings. The van der Waals surface area contributed by atoms with Crippen LogP contribution in [0.15, 0.2) is 59.7 Å². The van der Waals surface area contributed by atoms with Gasteiger partial charge >= 0.3 is 0 Å². The Morgan fingerprint density at radius 2 is 1.65 bits per heavy atom. The van der Waals surface area contributed by atoms with Gasteiger partial charge in [0.15, 0.2) is 0 Å². The maximum atomic E-state index is 11.7. The van der Waals surface area contributed by atoms with Gasteiger partial charge in [-0.2, -0.15) is 0 Å². The van der Waals surface area contributed by atoms with Crippen LogP contribution in [0.25, 0.3) is 0 Å². The van der Waals surface area contributed by atoms with Crippen LogP contribution >= 0.6 is 0 Å². The molecule has 17 heavy (non-hydrogen) atoms. The molecule has 0 aliphatic carbocycles. The van der Waals surface area contributed by atoms with E-state index in [1.165, 1.54) is 0 Å². The number of nitrogens with zero attached hydrogens (tertiary/aromatic N) is 2. The van der Waals surface area contributed by atoms with Gasteiger partial charge < -0.3 is 9.94 Å². The Labute approximate surface area is 99.4 Å². The summed E-state index contributed by atoms with van der Waals surface area (Å²) in [6, 6.07) is 15.9. The van der Waals surface area contributed by atoms with Crippen molar-refractivity contribution in [1.29, 1.82) is 0 Å². The quantitative estimate of drug-likeness (QED) is 0.457. The van der Waals surface area contributed by atoms with Crippen LogP contribution in [-0.4, -0.2) is 12.0 Å². The molecule has 2 aromatic rings. The van der Waals surface area contributed by atoms with E-state index in [0.29, 0.717) is 22.0 Å². The fourth-order valence-electron chi connectivity index (χ4n) is 1.37. The van der Waals surface area contributed by atoms with Crippen molar-refractivity contribution in [3.63, 3.8) is 0 Å². The highest BCUT2D eigenvalue weighted by Gasteiger charge is 2.03. The van der Waals surface area contributed by atoms with E-state index >= 15 is 0 Å². The summed E-state index contributed by atoms with van der Waals surface area (Å²) in [6.07, 6.45) is 0. The van der Waals surface area contributed by atoms with Crippen molar-refractivity contribution in [2.24, 2.45) is 5.11 Å². The minimum absolute atomic E-state index is 0.467. The maximum Gasteiger partial charge on any atom is 0.245 e. The fourth-order valence-corrected chi connectivity index (χ4v) is 1.37. The molecule has 0 amide bonds. The predicted octanol–water partition coefficient (Wildman–Crippen LogP) is 3.62. The second-order valence-electron chi connectivity index (χ2n) is 3.41. The fraction of sp³-hybridized carbons (Fsp3) is 0.0769. The number of ether oxygens (including phenoxy) is 1. The molecule has 0 radical (unpaired) electrons. The van der Waals surface area contributed by atoms with Gasteiger partial charge in [0.05, 0.1) is 7.11 Å². The van der Waals surface area contributed by atoms with Gasteiger partial charge in [-0.05, 0) is 24.3 Å². The van der Waals surface area contributed by atoms with E-state index in [0.717, 1.165) is 0 Å². The highest BCUT2D eigenvalue weighted by molar-refractivity contribution is 5.37. The van der Waals surface area contributed by atoms with Crippen LogP contribution in [0.3, 0.4) is 0 Å². The van der Waals surface area contributed by atoms with Gasteiger partial charge in [-0.1, -0.05) is 23.1 Å². The molecule has 0 aromatic heterocycles. The van der Waals surface area contributed by atoms with E-state index in [1.807, 2.05) is 18.2 Å². The van der Waals surface area contributed by atoms with Crippen LogP contribution in [-0.2, 0) is 0 Å². The first-order chi connectivity index (χ1) is 8.29. The van der Waals surface area contributed by atoms with Gasteiger partial charge in [0.2, 0.25) is 5.69 Å². The lowest BCUT2D eigenvalue weighted by Gasteiger charge is -2.01. The van der Waals surface area contributed by atoms with Crippen molar-refractivity contribution in [1.82, 2.24) is 0 Å². The third-order valence-electron chi connectivity index (χ3n) is 2.26. The highest BCUT2D eigenvalue weighted by Crippen LogP contribution is 2.20. The zero-order valence-corrected chi connectivity index (χ0v) is 9.41. The molecule has 0 fully saturated rings. The number of hydrogen-bond acceptors (Lipinski definition) is 3. The third kappa shape index (κ3) is 2.81. The van der Waals surface area contributed by atoms with Crippen molar-refractivity contribution in [3.8, 4) is 5.75 Å². The lowest BCUT2D eigenvalue weighted by atomic mass is 10.3. The lowest BCUT2D eigenvalue weighted by Crippen LogP contribution is -1.90. The summed E-state index contributed by atoms with van der Waals surface area (Å²) in [6.45, 7) is 0. The molecule has 86 valence electrons. The summed E-state index contributed by atoms with van der Waals surface area (Å²) in [7, 11) is 1.58. The normalized spacial score (nSPS) is 11.2. The Morgan fingerprint density at radius 3 is 2.24 bits per heavy atom. The van der Waals surface area contributed by atoms with Gasteiger partial charge in [-0.15, -0.1) is 0 Å². The third-order valence-corrected chi connectivity index (χ3v) is 2.26. The molecule has 0 aliphatic heterocycles. The standard InChI is InChI=1S/C13H12N2O2/c1-17-13-9-7-12(8-10-13)15(16)14-11-5-3-2-4-6-11/h2-10H,1H3. The first-order valence-electron chi connectivity index (χ1n) is 5.17. The average Bonchev–Trinajstić information content (AvgIpc) is 2.40. The van der Waals surface area contributed by atoms with Crippen molar-refractivity contribution >= 4 is 11.4 Å². The molecule has 0 bridgehead atoms. The summed E-state index contributed by atoms with van der Waals surface area (Å²) in [5.74, 6) is 0.710. The highest BCUT2D eigenvalue weighted by atomic mass is 16.5. The number of azo groups is 1. The second-order valence-corrected chi connectivity index (χ2v) is 3.41. The molecule has 0 unspecified atom stereocenters. The monoisotopic (exact) mass is 228 g/mol. The molecule has 0 saturated carbocycles. The van der Waals surface area contributed by atoms with Crippen molar-refractivity contribution in [2.75, 3.05) is 7.11 Å². The Balaban J connectivity index is 2.24. The molecule has 4 nitrogen and oxygen atoms in total. The smallest absolute Gasteiger partial charge is 0.245 e. The van der Waals surface area contributed by atoms with Crippen molar-refractivity contribution in [3.05, 3.63) is 59.8 Å². The lowest BCUT2D eigenvalue weighted by molar-refractivity contribution is -0.435. The molecule has 0 heterocycles. The summed E-state index contributed by atoms with van der Waals surface area (Å²) < 4.78 is 5.02. The molecule has 0 atom stereocenters. The van der Waals surface area contributed by atoms with E-state index in [2.05, 4.69) is 5.11 Å². The summed E-state index contributed by atoms with van der Waals surface area (Å²) in [5.41, 5.74) is 1.09. The topological polar surface area (TPSA) is 47.7 Å². The number of methoxy groups -OCH3 is 1. The van der Waals surface area contributed by atoms with Crippen LogP contribution < -0.4 is 4.74 Å². The Kier molecular flexibility index (Phi) is 3.35. The van der Waals surface area contributed by atoms with E-state index in [4.69, 9.17) is 4.74 Å².